The predicted molar refractivity (Wildman–Crippen MR) is 64.6 cm³/mol. The van der Waals surface area contributed by atoms with Gasteiger partial charge in [-0.25, -0.2) is 0 Å². The Morgan fingerprint density at radius 2 is 1.89 bits per heavy atom. The fraction of sp³-hybridized carbons (Fsp3) is 0.273. The average Bonchev–Trinajstić information content (AvgIpc) is 2.27. The normalized spacial score (nSPS) is 11.2. The topological polar surface area (TPSA) is 66.4 Å². The van der Waals surface area contributed by atoms with Crippen molar-refractivity contribution in [2.45, 2.75) is 19.0 Å². The highest BCUT2D eigenvalue weighted by molar-refractivity contribution is 9.10. The first-order valence-electron chi connectivity index (χ1n) is 5.08. The second-order valence-electron chi connectivity index (χ2n) is 3.63. The van der Waals surface area contributed by atoms with E-state index in [1.165, 1.54) is 6.07 Å². The maximum absolute atomic E-state index is 12.6. The minimum Gasteiger partial charge on any atom is -0.481 e. The number of hydrogen-bond acceptors (Lipinski definition) is 2. The van der Waals surface area contributed by atoms with Gasteiger partial charge in [-0.3, -0.25) is 9.59 Å². The van der Waals surface area contributed by atoms with Crippen LogP contribution in [0.4, 0.5) is 18.9 Å². The summed E-state index contributed by atoms with van der Waals surface area (Å²) in [7, 11) is 0. The molecule has 1 rings (SSSR count). The number of alkyl halides is 3. The summed E-state index contributed by atoms with van der Waals surface area (Å²) in [6.07, 6.45) is -5.22. The van der Waals surface area contributed by atoms with E-state index in [2.05, 4.69) is 21.2 Å². The number of rotatable bonds is 4. The van der Waals surface area contributed by atoms with Crippen LogP contribution in [0, 0.1) is 0 Å². The number of carbonyl (C=O) groups excluding carboxylic acids is 1. The third-order valence-electron chi connectivity index (χ3n) is 2.12. The highest BCUT2D eigenvalue weighted by Crippen LogP contribution is 2.36. The Kier molecular flexibility index (Phi) is 4.93. The number of carboxylic acids is 1. The van der Waals surface area contributed by atoms with Gasteiger partial charge in [-0.05, 0) is 18.2 Å². The van der Waals surface area contributed by atoms with E-state index in [-0.39, 0.29) is 23.0 Å². The number of nitrogens with one attached hydrogen (secondary N) is 1. The van der Waals surface area contributed by atoms with Crippen molar-refractivity contribution in [1.29, 1.82) is 0 Å². The number of hydrogen-bond donors (Lipinski definition) is 2. The van der Waals surface area contributed by atoms with E-state index in [1.54, 1.807) is 0 Å². The molecule has 1 aromatic rings. The molecule has 19 heavy (non-hydrogen) atoms. The standard InChI is InChI=1S/C11H9BrF3NO3/c12-8-2-1-6(5-7(8)11(13,14)15)16-9(17)3-4-10(18)19/h1-2,5H,3-4H2,(H,16,17)(H,18,19). The smallest absolute Gasteiger partial charge is 0.417 e. The first-order chi connectivity index (χ1) is 8.70. The van der Waals surface area contributed by atoms with Crippen LogP contribution in [0.25, 0.3) is 0 Å². The molecule has 0 saturated carbocycles. The minimum atomic E-state index is -4.54. The summed E-state index contributed by atoms with van der Waals surface area (Å²) in [6, 6.07) is 3.23. The lowest BCUT2D eigenvalue weighted by Crippen LogP contribution is -2.14. The first kappa shape index (κ1) is 15.5. The lowest BCUT2D eigenvalue weighted by Gasteiger charge is -2.11. The molecule has 0 atom stereocenters. The van der Waals surface area contributed by atoms with Gasteiger partial charge >= 0.3 is 12.1 Å². The van der Waals surface area contributed by atoms with Crippen molar-refractivity contribution >= 4 is 33.5 Å². The zero-order valence-electron chi connectivity index (χ0n) is 9.42. The number of carbonyl (C=O) groups is 2. The average molecular weight is 340 g/mol. The molecule has 0 heterocycles. The zero-order valence-corrected chi connectivity index (χ0v) is 11.0. The van der Waals surface area contributed by atoms with Gasteiger partial charge in [-0.15, -0.1) is 0 Å². The minimum absolute atomic E-state index is 0.0362. The molecule has 0 aromatic heterocycles. The molecule has 0 aliphatic heterocycles. The Morgan fingerprint density at radius 3 is 2.42 bits per heavy atom. The first-order valence-corrected chi connectivity index (χ1v) is 5.88. The summed E-state index contributed by atoms with van der Waals surface area (Å²) >= 11 is 2.77. The summed E-state index contributed by atoms with van der Waals surface area (Å²) in [6.45, 7) is 0. The Labute approximate surface area is 114 Å². The molecule has 0 aliphatic carbocycles. The van der Waals surface area contributed by atoms with Crippen molar-refractivity contribution in [1.82, 2.24) is 0 Å². The summed E-state index contributed by atoms with van der Waals surface area (Å²) in [5.41, 5.74) is -0.950. The molecule has 0 unspecified atom stereocenters. The van der Waals surface area contributed by atoms with Gasteiger partial charge in [0, 0.05) is 16.6 Å². The fourth-order valence-corrected chi connectivity index (χ4v) is 1.74. The van der Waals surface area contributed by atoms with Crippen molar-refractivity contribution < 1.29 is 27.9 Å². The van der Waals surface area contributed by atoms with Gasteiger partial charge in [0.25, 0.3) is 0 Å². The van der Waals surface area contributed by atoms with Crippen LogP contribution in [0.1, 0.15) is 18.4 Å². The highest BCUT2D eigenvalue weighted by atomic mass is 79.9. The summed E-state index contributed by atoms with van der Waals surface area (Å²) in [5.74, 6) is -1.81. The second kappa shape index (κ2) is 6.05. The van der Waals surface area contributed by atoms with Crippen LogP contribution in [0.2, 0.25) is 0 Å². The van der Waals surface area contributed by atoms with Crippen LogP contribution in [-0.2, 0) is 15.8 Å². The van der Waals surface area contributed by atoms with Crippen LogP contribution < -0.4 is 5.32 Å². The molecule has 0 bridgehead atoms. The third kappa shape index (κ3) is 4.90. The maximum Gasteiger partial charge on any atom is 0.417 e. The van der Waals surface area contributed by atoms with E-state index < -0.39 is 23.6 Å². The Balaban J connectivity index is 2.80. The van der Waals surface area contributed by atoms with Crippen LogP contribution in [0.5, 0.6) is 0 Å². The van der Waals surface area contributed by atoms with Gasteiger partial charge in [0.05, 0.1) is 12.0 Å². The van der Waals surface area contributed by atoms with Gasteiger partial charge < -0.3 is 10.4 Å². The van der Waals surface area contributed by atoms with Gasteiger partial charge in [-0.1, -0.05) is 15.9 Å². The monoisotopic (exact) mass is 339 g/mol. The van der Waals surface area contributed by atoms with Crippen LogP contribution in [-0.4, -0.2) is 17.0 Å². The number of benzene rings is 1. The van der Waals surface area contributed by atoms with Crippen LogP contribution >= 0.6 is 15.9 Å². The molecule has 1 aromatic carbocycles. The summed E-state index contributed by atoms with van der Waals surface area (Å²) in [5, 5.41) is 10.6. The fourth-order valence-electron chi connectivity index (χ4n) is 1.26. The van der Waals surface area contributed by atoms with Crippen molar-refractivity contribution in [3.8, 4) is 0 Å². The van der Waals surface area contributed by atoms with Gasteiger partial charge in [-0.2, -0.15) is 13.2 Å². The molecule has 2 N–H and O–H groups in total. The van der Waals surface area contributed by atoms with E-state index in [1.807, 2.05) is 0 Å². The number of halogens is 4. The zero-order chi connectivity index (χ0) is 14.6. The molecule has 0 spiro atoms. The molecule has 0 radical (unpaired) electrons. The quantitative estimate of drug-likeness (QED) is 0.884. The molecule has 104 valence electrons. The van der Waals surface area contributed by atoms with Gasteiger partial charge in [0.15, 0.2) is 0 Å². The lowest BCUT2D eigenvalue weighted by molar-refractivity contribution is -0.138. The van der Waals surface area contributed by atoms with Crippen molar-refractivity contribution in [2.75, 3.05) is 5.32 Å². The van der Waals surface area contributed by atoms with Gasteiger partial charge in [0.2, 0.25) is 5.91 Å². The van der Waals surface area contributed by atoms with Crippen molar-refractivity contribution in [3.63, 3.8) is 0 Å². The Bertz CT molecular complexity index is 502. The Morgan fingerprint density at radius 1 is 1.26 bits per heavy atom. The van der Waals surface area contributed by atoms with E-state index in [0.29, 0.717) is 0 Å². The van der Waals surface area contributed by atoms with E-state index in [0.717, 1.165) is 12.1 Å². The molecular formula is C11H9BrF3NO3. The van der Waals surface area contributed by atoms with E-state index in [4.69, 9.17) is 5.11 Å². The summed E-state index contributed by atoms with van der Waals surface area (Å²) in [4.78, 5) is 21.5. The van der Waals surface area contributed by atoms with E-state index >= 15 is 0 Å². The van der Waals surface area contributed by atoms with E-state index in [9.17, 15) is 22.8 Å². The van der Waals surface area contributed by atoms with Crippen LogP contribution in [0.3, 0.4) is 0 Å². The molecule has 0 aliphatic rings. The van der Waals surface area contributed by atoms with Crippen molar-refractivity contribution in [3.05, 3.63) is 28.2 Å². The molecule has 1 amide bonds. The van der Waals surface area contributed by atoms with Crippen LogP contribution in [0.15, 0.2) is 22.7 Å². The Hall–Kier alpha value is -1.57. The van der Waals surface area contributed by atoms with Gasteiger partial charge in [0.1, 0.15) is 0 Å². The number of amides is 1. The highest BCUT2D eigenvalue weighted by Gasteiger charge is 2.33. The molecule has 4 nitrogen and oxygen atoms in total. The number of aliphatic carboxylic acids is 1. The number of carboxylic acid groups (broad SMARTS) is 1. The molecule has 8 heteroatoms. The summed E-state index contributed by atoms with van der Waals surface area (Å²) < 4.78 is 37.7. The predicted octanol–water partition coefficient (Wildman–Crippen LogP) is 3.27. The largest absolute Gasteiger partial charge is 0.481 e. The molecule has 0 fully saturated rings. The third-order valence-corrected chi connectivity index (χ3v) is 2.81. The SMILES string of the molecule is O=C(O)CCC(=O)Nc1ccc(Br)c(C(F)(F)F)c1. The number of anilines is 1. The lowest BCUT2D eigenvalue weighted by atomic mass is 10.2. The maximum atomic E-state index is 12.6. The molecule has 0 saturated heterocycles. The van der Waals surface area contributed by atoms with Crippen molar-refractivity contribution in [2.24, 2.45) is 0 Å². The second-order valence-corrected chi connectivity index (χ2v) is 4.49. The molecular weight excluding hydrogens is 331 g/mol.